The Labute approximate surface area is 159 Å². The molecule has 1 heterocycles. The molecular formula is C23H25NO3. The van der Waals surface area contributed by atoms with Crippen LogP contribution in [0.1, 0.15) is 59.6 Å². The molecular weight excluding hydrogens is 338 g/mol. The third-order valence-corrected chi connectivity index (χ3v) is 6.88. The van der Waals surface area contributed by atoms with E-state index in [-0.39, 0.29) is 6.04 Å². The summed E-state index contributed by atoms with van der Waals surface area (Å²) in [6, 6.07) is 14.4. The zero-order valence-corrected chi connectivity index (χ0v) is 15.5. The molecule has 2 N–H and O–H groups in total. The van der Waals surface area contributed by atoms with Gasteiger partial charge in [-0.2, -0.15) is 0 Å². The summed E-state index contributed by atoms with van der Waals surface area (Å²) in [5.74, 6) is 2.49. The quantitative estimate of drug-likeness (QED) is 0.795. The molecule has 3 aliphatic rings. The van der Waals surface area contributed by atoms with Gasteiger partial charge in [-0.3, -0.25) is 0 Å². The largest absolute Gasteiger partial charge is 0.494 e. The second kappa shape index (κ2) is 6.29. The third-order valence-electron chi connectivity index (χ3n) is 6.88. The van der Waals surface area contributed by atoms with Crippen LogP contribution in [0.3, 0.4) is 0 Å². The Kier molecular flexibility index (Phi) is 3.88. The van der Waals surface area contributed by atoms with E-state index in [2.05, 4.69) is 29.6 Å². The number of carboxylic acid groups (broad SMARTS) is 1. The van der Waals surface area contributed by atoms with Crippen molar-refractivity contribution in [1.82, 2.24) is 0 Å². The Hall–Kier alpha value is -2.49. The maximum Gasteiger partial charge on any atom is 0.335 e. The minimum absolute atomic E-state index is 0.282. The summed E-state index contributed by atoms with van der Waals surface area (Å²) in [4.78, 5) is 11.5. The summed E-state index contributed by atoms with van der Waals surface area (Å²) in [5.41, 5.74) is 4.02. The van der Waals surface area contributed by atoms with Gasteiger partial charge in [0.15, 0.2) is 0 Å². The number of hydrogen-bond donors (Lipinski definition) is 2. The highest BCUT2D eigenvalue weighted by atomic mass is 16.5. The molecule has 0 aromatic heterocycles. The highest BCUT2D eigenvalue weighted by Gasteiger charge is 2.53. The van der Waals surface area contributed by atoms with Crippen LogP contribution >= 0.6 is 0 Å². The van der Waals surface area contributed by atoms with E-state index in [1.54, 1.807) is 6.07 Å². The maximum absolute atomic E-state index is 11.5. The summed E-state index contributed by atoms with van der Waals surface area (Å²) in [6.07, 6.45) is 3.86. The molecule has 4 nitrogen and oxygen atoms in total. The van der Waals surface area contributed by atoms with E-state index in [4.69, 9.17) is 4.74 Å². The van der Waals surface area contributed by atoms with E-state index < -0.39 is 5.97 Å². The van der Waals surface area contributed by atoms with Gasteiger partial charge in [0.2, 0.25) is 0 Å². The molecule has 0 saturated heterocycles. The van der Waals surface area contributed by atoms with Crippen LogP contribution in [0.15, 0.2) is 42.5 Å². The molecule has 1 aliphatic heterocycles. The number of hydrogen-bond acceptors (Lipinski definition) is 3. The minimum atomic E-state index is -0.842. The van der Waals surface area contributed by atoms with Gasteiger partial charge < -0.3 is 15.2 Å². The van der Waals surface area contributed by atoms with Gasteiger partial charge in [-0.1, -0.05) is 12.1 Å². The van der Waals surface area contributed by atoms with Gasteiger partial charge in [-0.15, -0.1) is 0 Å². The molecule has 140 valence electrons. The van der Waals surface area contributed by atoms with Crippen molar-refractivity contribution >= 4 is 11.7 Å². The van der Waals surface area contributed by atoms with E-state index in [1.807, 2.05) is 19.1 Å². The van der Waals surface area contributed by atoms with Crippen LogP contribution < -0.4 is 10.1 Å². The van der Waals surface area contributed by atoms with E-state index in [0.29, 0.717) is 29.9 Å². The number of anilines is 1. The molecule has 0 radical (unpaired) electrons. The highest BCUT2D eigenvalue weighted by molar-refractivity contribution is 5.88. The summed E-state index contributed by atoms with van der Waals surface area (Å²) in [7, 11) is 0. The standard InChI is InChI=1S/C23H25NO3/c1-2-27-17-8-5-13(6-9-17)22-21-15-4-3-14(11-15)20(21)18-12-16(23(25)26)7-10-19(18)24-22/h5-10,12,14-15,20-22,24H,2-4,11H2,1H3,(H,25,26)/t14-,15-,20+,21-,22-/m0/s1. The van der Waals surface area contributed by atoms with Gasteiger partial charge in [0, 0.05) is 5.69 Å². The Morgan fingerprint density at radius 1 is 1.15 bits per heavy atom. The van der Waals surface area contributed by atoms with E-state index >= 15 is 0 Å². The van der Waals surface area contributed by atoms with Gasteiger partial charge in [-0.05, 0) is 91.3 Å². The third kappa shape index (κ3) is 2.61. The fraction of sp³-hybridized carbons (Fsp3) is 0.435. The zero-order chi connectivity index (χ0) is 18.5. The van der Waals surface area contributed by atoms with Crippen LogP contribution in [0, 0.1) is 17.8 Å². The number of benzene rings is 2. The van der Waals surface area contributed by atoms with Crippen molar-refractivity contribution in [2.45, 2.75) is 38.1 Å². The van der Waals surface area contributed by atoms with Gasteiger partial charge in [0.05, 0.1) is 18.2 Å². The summed E-state index contributed by atoms with van der Waals surface area (Å²) in [5, 5.41) is 13.2. The van der Waals surface area contributed by atoms with Crippen molar-refractivity contribution < 1.29 is 14.6 Å². The van der Waals surface area contributed by atoms with Gasteiger partial charge in [0.1, 0.15) is 5.75 Å². The van der Waals surface area contributed by atoms with Crippen LogP contribution in [0.4, 0.5) is 5.69 Å². The van der Waals surface area contributed by atoms with Crippen molar-refractivity contribution in [3.8, 4) is 5.75 Å². The molecule has 2 bridgehead atoms. The molecule has 0 spiro atoms. The second-order valence-corrected chi connectivity index (χ2v) is 8.17. The van der Waals surface area contributed by atoms with Crippen LogP contribution in [-0.2, 0) is 0 Å². The maximum atomic E-state index is 11.5. The molecule has 2 fully saturated rings. The number of rotatable bonds is 4. The average molecular weight is 363 g/mol. The lowest BCUT2D eigenvalue weighted by molar-refractivity contribution is 0.0696. The first-order valence-corrected chi connectivity index (χ1v) is 10.0. The summed E-state index contributed by atoms with van der Waals surface area (Å²) < 4.78 is 5.60. The molecule has 0 amide bonds. The average Bonchev–Trinajstić information content (AvgIpc) is 3.30. The predicted octanol–water partition coefficient (Wildman–Crippen LogP) is 5.08. The molecule has 5 rings (SSSR count). The first-order valence-electron chi connectivity index (χ1n) is 10.0. The Morgan fingerprint density at radius 2 is 1.93 bits per heavy atom. The number of carbonyl (C=O) groups is 1. The van der Waals surface area contributed by atoms with Gasteiger partial charge in [-0.25, -0.2) is 4.79 Å². The van der Waals surface area contributed by atoms with Crippen molar-refractivity contribution in [1.29, 1.82) is 0 Å². The molecule has 0 unspecified atom stereocenters. The monoisotopic (exact) mass is 363 g/mol. The lowest BCUT2D eigenvalue weighted by Crippen LogP contribution is -2.35. The number of carboxylic acids is 1. The Morgan fingerprint density at radius 3 is 2.67 bits per heavy atom. The SMILES string of the molecule is CCOc1ccc([C@@H]2Nc3ccc(C(=O)O)cc3[C@H]3[C@H]4CC[C@@H](C4)[C@@H]32)cc1. The van der Waals surface area contributed by atoms with Gasteiger partial charge in [0.25, 0.3) is 0 Å². The van der Waals surface area contributed by atoms with Gasteiger partial charge >= 0.3 is 5.97 Å². The lowest BCUT2D eigenvalue weighted by Gasteiger charge is -2.43. The Bertz CT molecular complexity index is 876. The van der Waals surface area contributed by atoms with Crippen molar-refractivity contribution in [3.63, 3.8) is 0 Å². The molecule has 5 atom stereocenters. The first-order chi connectivity index (χ1) is 13.2. The molecule has 27 heavy (non-hydrogen) atoms. The minimum Gasteiger partial charge on any atom is -0.494 e. The smallest absolute Gasteiger partial charge is 0.335 e. The topological polar surface area (TPSA) is 58.6 Å². The second-order valence-electron chi connectivity index (χ2n) is 8.17. The molecule has 2 aromatic carbocycles. The molecule has 4 heteroatoms. The number of ether oxygens (including phenoxy) is 1. The van der Waals surface area contributed by atoms with E-state index in [9.17, 15) is 9.90 Å². The number of aromatic carboxylic acids is 1. The fourth-order valence-corrected chi connectivity index (χ4v) is 5.89. The lowest BCUT2D eigenvalue weighted by atomic mass is 9.68. The normalized spacial score (nSPS) is 30.3. The predicted molar refractivity (Wildman–Crippen MR) is 104 cm³/mol. The Balaban J connectivity index is 1.55. The number of nitrogens with one attached hydrogen (secondary N) is 1. The van der Waals surface area contributed by atoms with E-state index in [0.717, 1.165) is 17.4 Å². The fourth-order valence-electron chi connectivity index (χ4n) is 5.89. The molecule has 2 saturated carbocycles. The van der Waals surface area contributed by atoms with E-state index in [1.165, 1.54) is 30.4 Å². The van der Waals surface area contributed by atoms with Crippen molar-refractivity contribution in [2.75, 3.05) is 11.9 Å². The van der Waals surface area contributed by atoms with Crippen molar-refractivity contribution in [2.24, 2.45) is 17.8 Å². The van der Waals surface area contributed by atoms with Crippen molar-refractivity contribution in [3.05, 3.63) is 59.2 Å². The van der Waals surface area contributed by atoms with Crippen LogP contribution in [-0.4, -0.2) is 17.7 Å². The summed E-state index contributed by atoms with van der Waals surface area (Å²) in [6.45, 7) is 2.67. The first kappa shape index (κ1) is 16.7. The van der Waals surface area contributed by atoms with Crippen LogP contribution in [0.25, 0.3) is 0 Å². The zero-order valence-electron chi connectivity index (χ0n) is 15.5. The summed E-state index contributed by atoms with van der Waals surface area (Å²) >= 11 is 0. The molecule has 2 aromatic rings. The van der Waals surface area contributed by atoms with Crippen LogP contribution in [0.2, 0.25) is 0 Å². The number of fused-ring (bicyclic) bond motifs is 7. The highest BCUT2D eigenvalue weighted by Crippen LogP contribution is 2.63. The molecule has 2 aliphatic carbocycles. The van der Waals surface area contributed by atoms with Crippen LogP contribution in [0.5, 0.6) is 5.75 Å².